The van der Waals surface area contributed by atoms with Crippen LogP contribution >= 0.6 is 31.9 Å². The van der Waals surface area contributed by atoms with Crippen molar-refractivity contribution in [1.82, 2.24) is 0 Å². The van der Waals surface area contributed by atoms with Gasteiger partial charge in [-0.05, 0) is 67.8 Å². The van der Waals surface area contributed by atoms with Crippen LogP contribution in [-0.2, 0) is 6.54 Å². The maximum Gasteiger partial charge on any atom is 0.143 e. The summed E-state index contributed by atoms with van der Waals surface area (Å²) in [5.41, 5.74) is 1.81. The molecule has 0 bridgehead atoms. The van der Waals surface area contributed by atoms with Crippen LogP contribution in [0, 0.1) is 5.82 Å². The predicted octanol–water partition coefficient (Wildman–Crippen LogP) is 4.69. The van der Waals surface area contributed by atoms with Crippen molar-refractivity contribution in [2.45, 2.75) is 6.54 Å². The molecule has 0 aliphatic rings. The second-order valence-corrected chi connectivity index (χ2v) is 5.95. The van der Waals surface area contributed by atoms with Gasteiger partial charge in [-0.15, -0.1) is 0 Å². The fourth-order valence-corrected chi connectivity index (χ4v) is 3.07. The summed E-state index contributed by atoms with van der Waals surface area (Å²) in [5.74, 6) is -0.0745. The van der Waals surface area contributed by atoms with Gasteiger partial charge in [-0.25, -0.2) is 4.39 Å². The van der Waals surface area contributed by atoms with Crippen LogP contribution in [0.15, 0.2) is 45.3 Å². The van der Waals surface area contributed by atoms with E-state index in [-0.39, 0.29) is 11.6 Å². The van der Waals surface area contributed by atoms with E-state index in [1.807, 2.05) is 30.1 Å². The number of rotatable bonds is 3. The number of hydrogen-bond acceptors (Lipinski definition) is 2. The zero-order chi connectivity index (χ0) is 14.0. The van der Waals surface area contributed by atoms with Gasteiger partial charge < -0.3 is 10.0 Å². The topological polar surface area (TPSA) is 23.5 Å². The predicted molar refractivity (Wildman–Crippen MR) is 82.0 cm³/mol. The van der Waals surface area contributed by atoms with Gasteiger partial charge in [-0.1, -0.05) is 6.07 Å². The molecule has 0 atom stereocenters. The molecule has 5 heteroatoms. The minimum Gasteiger partial charge on any atom is -0.506 e. The van der Waals surface area contributed by atoms with Crippen LogP contribution < -0.4 is 4.90 Å². The van der Waals surface area contributed by atoms with Crippen molar-refractivity contribution < 1.29 is 9.50 Å². The van der Waals surface area contributed by atoms with Crippen LogP contribution in [-0.4, -0.2) is 12.2 Å². The number of anilines is 1. The second-order valence-electron chi connectivity index (χ2n) is 4.24. The molecule has 2 aromatic rings. The van der Waals surface area contributed by atoms with Crippen LogP contribution in [0.3, 0.4) is 0 Å². The lowest BCUT2D eigenvalue weighted by atomic mass is 10.2. The lowest BCUT2D eigenvalue weighted by molar-refractivity contribution is 0.468. The summed E-state index contributed by atoms with van der Waals surface area (Å²) in [6.45, 7) is 0.612. The van der Waals surface area contributed by atoms with Crippen molar-refractivity contribution in [3.8, 4) is 5.75 Å². The number of phenols is 1. The first-order valence-electron chi connectivity index (χ1n) is 5.61. The first-order valence-corrected chi connectivity index (χ1v) is 7.19. The third-order valence-corrected chi connectivity index (χ3v) is 3.95. The number of phenolic OH excluding ortho intramolecular Hbond substituents is 1. The minimum absolute atomic E-state index is 0.178. The summed E-state index contributed by atoms with van der Waals surface area (Å²) >= 11 is 6.59. The van der Waals surface area contributed by atoms with Crippen LogP contribution in [0.4, 0.5) is 10.1 Å². The average molecular weight is 389 g/mol. The first-order chi connectivity index (χ1) is 8.97. The standard InChI is InChI=1S/C14H12Br2FNO/c1-18(11-4-2-3-10(17)7-11)8-9-5-12(15)14(19)13(16)6-9/h2-7,19H,8H2,1H3. The Balaban J connectivity index is 2.21. The Morgan fingerprint density at radius 1 is 1.16 bits per heavy atom. The zero-order valence-corrected chi connectivity index (χ0v) is 13.4. The van der Waals surface area contributed by atoms with Crippen LogP contribution in [0.1, 0.15) is 5.56 Å². The molecule has 0 unspecified atom stereocenters. The Hall–Kier alpha value is -1.07. The molecule has 0 fully saturated rings. The fraction of sp³-hybridized carbons (Fsp3) is 0.143. The monoisotopic (exact) mass is 387 g/mol. The molecule has 1 N–H and O–H groups in total. The Morgan fingerprint density at radius 2 is 1.79 bits per heavy atom. The molecular weight excluding hydrogens is 377 g/mol. The van der Waals surface area contributed by atoms with Crippen molar-refractivity contribution in [2.24, 2.45) is 0 Å². The van der Waals surface area contributed by atoms with Gasteiger partial charge in [-0.3, -0.25) is 0 Å². The highest BCUT2D eigenvalue weighted by Crippen LogP contribution is 2.33. The van der Waals surface area contributed by atoms with E-state index in [2.05, 4.69) is 31.9 Å². The van der Waals surface area contributed by atoms with Gasteiger partial charge in [0.15, 0.2) is 0 Å². The number of benzene rings is 2. The van der Waals surface area contributed by atoms with Gasteiger partial charge in [0.2, 0.25) is 0 Å². The Kier molecular flexibility index (Phi) is 4.47. The molecule has 2 nitrogen and oxygen atoms in total. The lowest BCUT2D eigenvalue weighted by Crippen LogP contribution is -2.16. The Bertz CT molecular complexity index is 581. The van der Waals surface area contributed by atoms with Gasteiger partial charge in [0, 0.05) is 19.3 Å². The van der Waals surface area contributed by atoms with Crippen molar-refractivity contribution in [2.75, 3.05) is 11.9 Å². The van der Waals surface area contributed by atoms with E-state index in [9.17, 15) is 9.50 Å². The molecule has 0 saturated carbocycles. The summed E-state index contributed by atoms with van der Waals surface area (Å²) in [5, 5.41) is 9.66. The lowest BCUT2D eigenvalue weighted by Gasteiger charge is -2.20. The van der Waals surface area contributed by atoms with E-state index in [0.717, 1.165) is 11.3 Å². The van der Waals surface area contributed by atoms with E-state index in [1.54, 1.807) is 6.07 Å². The third kappa shape index (κ3) is 3.48. The molecule has 0 radical (unpaired) electrons. The normalized spacial score (nSPS) is 10.5. The highest BCUT2D eigenvalue weighted by Gasteiger charge is 2.08. The molecule has 2 rings (SSSR count). The molecule has 0 saturated heterocycles. The average Bonchev–Trinajstić information content (AvgIpc) is 2.36. The third-order valence-electron chi connectivity index (χ3n) is 2.75. The highest BCUT2D eigenvalue weighted by molar-refractivity contribution is 9.11. The molecule has 0 spiro atoms. The number of hydrogen-bond donors (Lipinski definition) is 1. The second kappa shape index (κ2) is 5.92. The summed E-state index contributed by atoms with van der Waals surface area (Å²) in [6.07, 6.45) is 0. The van der Waals surface area contributed by atoms with Crippen LogP contribution in [0.25, 0.3) is 0 Å². The zero-order valence-electron chi connectivity index (χ0n) is 10.2. The fourth-order valence-electron chi connectivity index (χ4n) is 1.79. The van der Waals surface area contributed by atoms with E-state index in [0.29, 0.717) is 15.5 Å². The molecule has 2 aromatic carbocycles. The summed E-state index contributed by atoms with van der Waals surface area (Å²) in [6, 6.07) is 10.1. The summed E-state index contributed by atoms with van der Waals surface area (Å²) in [4.78, 5) is 1.94. The van der Waals surface area contributed by atoms with Crippen molar-refractivity contribution >= 4 is 37.5 Å². The quantitative estimate of drug-likeness (QED) is 0.824. The molecule has 0 heterocycles. The van der Waals surface area contributed by atoms with E-state index >= 15 is 0 Å². The first kappa shape index (κ1) is 14.3. The Morgan fingerprint density at radius 3 is 2.37 bits per heavy atom. The molecular formula is C14H12Br2FNO. The smallest absolute Gasteiger partial charge is 0.143 e. The molecule has 0 aliphatic carbocycles. The maximum atomic E-state index is 13.2. The number of halogens is 3. The molecule has 100 valence electrons. The van der Waals surface area contributed by atoms with E-state index < -0.39 is 0 Å². The Labute approximate surface area is 128 Å². The molecule has 0 aliphatic heterocycles. The van der Waals surface area contributed by atoms with Crippen LogP contribution in [0.5, 0.6) is 5.75 Å². The van der Waals surface area contributed by atoms with E-state index in [1.165, 1.54) is 12.1 Å². The van der Waals surface area contributed by atoms with Gasteiger partial charge in [0.25, 0.3) is 0 Å². The molecule has 0 aromatic heterocycles. The van der Waals surface area contributed by atoms with Gasteiger partial charge in [0.05, 0.1) is 8.95 Å². The van der Waals surface area contributed by atoms with Crippen LogP contribution in [0.2, 0.25) is 0 Å². The van der Waals surface area contributed by atoms with Crippen molar-refractivity contribution in [3.05, 3.63) is 56.7 Å². The van der Waals surface area contributed by atoms with Crippen molar-refractivity contribution in [3.63, 3.8) is 0 Å². The van der Waals surface area contributed by atoms with Gasteiger partial charge in [-0.2, -0.15) is 0 Å². The van der Waals surface area contributed by atoms with E-state index in [4.69, 9.17) is 0 Å². The summed E-state index contributed by atoms with van der Waals surface area (Å²) in [7, 11) is 1.89. The highest BCUT2D eigenvalue weighted by atomic mass is 79.9. The minimum atomic E-state index is -0.252. The largest absolute Gasteiger partial charge is 0.506 e. The SMILES string of the molecule is CN(Cc1cc(Br)c(O)c(Br)c1)c1cccc(F)c1. The molecule has 0 amide bonds. The molecule has 19 heavy (non-hydrogen) atoms. The van der Waals surface area contributed by atoms with Crippen molar-refractivity contribution in [1.29, 1.82) is 0 Å². The van der Waals surface area contributed by atoms with Gasteiger partial charge >= 0.3 is 0 Å². The summed E-state index contributed by atoms with van der Waals surface area (Å²) < 4.78 is 14.4. The number of nitrogens with zero attached hydrogens (tertiary/aromatic N) is 1. The maximum absolute atomic E-state index is 13.2. The van der Waals surface area contributed by atoms with Gasteiger partial charge in [0.1, 0.15) is 11.6 Å². The number of aromatic hydroxyl groups is 1.